The summed E-state index contributed by atoms with van der Waals surface area (Å²) in [7, 11) is 0. The molecule has 0 aromatic heterocycles. The summed E-state index contributed by atoms with van der Waals surface area (Å²) in [5.41, 5.74) is 0. The summed E-state index contributed by atoms with van der Waals surface area (Å²) >= 11 is 0. The third-order valence-corrected chi connectivity index (χ3v) is 4.44. The van der Waals surface area contributed by atoms with Crippen molar-refractivity contribution in [2.24, 2.45) is 0 Å². The Bertz CT molecular complexity index is 551. The lowest BCUT2D eigenvalue weighted by atomic mass is 10.0. The summed E-state index contributed by atoms with van der Waals surface area (Å²) in [6.07, 6.45) is 15.2. The number of carboxylic acid groups (broad SMARTS) is 1. The van der Waals surface area contributed by atoms with Gasteiger partial charge in [-0.15, -0.1) is 0 Å². The van der Waals surface area contributed by atoms with Crippen LogP contribution in [0, 0.1) is 0 Å². The van der Waals surface area contributed by atoms with Gasteiger partial charge in [-0.25, -0.2) is 0 Å². The van der Waals surface area contributed by atoms with Crippen molar-refractivity contribution in [2.45, 2.75) is 82.4 Å². The summed E-state index contributed by atoms with van der Waals surface area (Å²) in [6.45, 7) is 2.02. The van der Waals surface area contributed by atoms with Gasteiger partial charge < -0.3 is 25.2 Å². The van der Waals surface area contributed by atoms with E-state index in [1.807, 2.05) is 43.4 Å². The number of hydrogen-bond acceptors (Lipinski definition) is 5. The fourth-order valence-corrected chi connectivity index (χ4v) is 2.87. The van der Waals surface area contributed by atoms with Crippen molar-refractivity contribution in [1.82, 2.24) is 0 Å². The van der Waals surface area contributed by atoms with Gasteiger partial charge in [0, 0.05) is 12.8 Å². The molecule has 6 heteroatoms. The zero-order valence-corrected chi connectivity index (χ0v) is 16.6. The summed E-state index contributed by atoms with van der Waals surface area (Å²) in [4.78, 5) is 10.4. The van der Waals surface area contributed by atoms with Crippen LogP contribution in [-0.4, -0.2) is 56.9 Å². The van der Waals surface area contributed by atoms with E-state index in [0.29, 0.717) is 32.1 Å². The van der Waals surface area contributed by atoms with Crippen LogP contribution in [0.5, 0.6) is 0 Å². The molecule has 0 aromatic rings. The number of carbonyl (C=O) groups is 1. The summed E-state index contributed by atoms with van der Waals surface area (Å²) in [5, 5.41) is 38.7. The Kier molecular flexibility index (Phi) is 12.4. The average molecular weight is 395 g/mol. The smallest absolute Gasteiger partial charge is 0.303 e. The molecule has 1 saturated heterocycles. The molecule has 0 bridgehead atoms. The predicted molar refractivity (Wildman–Crippen MR) is 109 cm³/mol. The van der Waals surface area contributed by atoms with E-state index >= 15 is 0 Å². The lowest BCUT2D eigenvalue weighted by molar-refractivity contribution is -0.136. The first-order valence-electron chi connectivity index (χ1n) is 9.98. The highest BCUT2D eigenvalue weighted by molar-refractivity contribution is 5.66. The Balaban J connectivity index is 2.32. The monoisotopic (exact) mass is 394 g/mol. The van der Waals surface area contributed by atoms with Gasteiger partial charge in [-0.3, -0.25) is 4.79 Å². The normalized spacial score (nSPS) is 25.5. The number of carboxylic acids is 1. The number of ether oxygens (including phenoxy) is 1. The van der Waals surface area contributed by atoms with Crippen LogP contribution in [0.2, 0.25) is 0 Å². The van der Waals surface area contributed by atoms with Crippen LogP contribution in [-0.2, 0) is 9.53 Å². The molecule has 1 aliphatic heterocycles. The molecule has 0 aliphatic carbocycles. The Hall–Kier alpha value is -1.73. The molecule has 5 atom stereocenters. The van der Waals surface area contributed by atoms with Gasteiger partial charge in [0.2, 0.25) is 0 Å². The maximum Gasteiger partial charge on any atom is 0.303 e. The van der Waals surface area contributed by atoms with E-state index in [0.717, 1.165) is 6.42 Å². The molecule has 0 aromatic carbocycles. The Morgan fingerprint density at radius 2 is 1.86 bits per heavy atom. The van der Waals surface area contributed by atoms with Crippen molar-refractivity contribution in [2.75, 3.05) is 0 Å². The van der Waals surface area contributed by atoms with Crippen molar-refractivity contribution in [3.63, 3.8) is 0 Å². The molecule has 0 amide bonds. The lowest BCUT2D eigenvalue weighted by Crippen LogP contribution is -2.24. The minimum atomic E-state index is -0.870. The summed E-state index contributed by atoms with van der Waals surface area (Å²) in [5.74, 6) is -0.804. The molecular weight excluding hydrogens is 360 g/mol. The first kappa shape index (κ1) is 24.3. The van der Waals surface area contributed by atoms with Crippen molar-refractivity contribution < 1.29 is 30.0 Å². The van der Waals surface area contributed by atoms with Crippen molar-refractivity contribution in [3.05, 3.63) is 48.6 Å². The summed E-state index contributed by atoms with van der Waals surface area (Å²) in [6, 6.07) is 0. The molecule has 28 heavy (non-hydrogen) atoms. The van der Waals surface area contributed by atoms with Crippen LogP contribution in [0.25, 0.3) is 0 Å². The average Bonchev–Trinajstić information content (AvgIpc) is 3.02. The van der Waals surface area contributed by atoms with Crippen molar-refractivity contribution in [3.8, 4) is 0 Å². The van der Waals surface area contributed by atoms with Crippen LogP contribution >= 0.6 is 0 Å². The zero-order valence-electron chi connectivity index (χ0n) is 16.6. The van der Waals surface area contributed by atoms with Gasteiger partial charge in [0.1, 0.15) is 0 Å². The van der Waals surface area contributed by atoms with Crippen LogP contribution in [0.1, 0.15) is 51.9 Å². The maximum atomic E-state index is 10.4. The van der Waals surface area contributed by atoms with Gasteiger partial charge in [-0.05, 0) is 32.1 Å². The zero-order chi connectivity index (χ0) is 20.8. The first-order valence-corrected chi connectivity index (χ1v) is 9.98. The van der Waals surface area contributed by atoms with Gasteiger partial charge >= 0.3 is 5.97 Å². The molecule has 158 valence electrons. The SMILES string of the molecule is CC/C=C\C[C@H](O)/C=C/[C@@H](O)[C@@H]1C[C@H](O)[C@H](C/C=C\C/C=C\CCC(=O)O)O1. The van der Waals surface area contributed by atoms with Gasteiger partial charge in [-0.2, -0.15) is 0 Å². The molecular formula is C22H34O6. The Morgan fingerprint density at radius 3 is 2.57 bits per heavy atom. The highest BCUT2D eigenvalue weighted by atomic mass is 16.5. The fraction of sp³-hybridized carbons (Fsp3) is 0.591. The number of aliphatic carboxylic acids is 1. The van der Waals surface area contributed by atoms with Crippen LogP contribution in [0.15, 0.2) is 48.6 Å². The molecule has 1 aliphatic rings. The second kappa shape index (κ2) is 14.3. The number of aliphatic hydroxyl groups is 3. The highest BCUT2D eigenvalue weighted by Gasteiger charge is 2.36. The van der Waals surface area contributed by atoms with Crippen LogP contribution in [0.3, 0.4) is 0 Å². The van der Waals surface area contributed by atoms with E-state index in [2.05, 4.69) is 0 Å². The highest BCUT2D eigenvalue weighted by Crippen LogP contribution is 2.26. The van der Waals surface area contributed by atoms with E-state index < -0.39 is 30.4 Å². The topological polar surface area (TPSA) is 107 Å². The quantitative estimate of drug-likeness (QED) is 0.358. The molecule has 0 radical (unpaired) electrons. The van der Waals surface area contributed by atoms with E-state index in [1.165, 1.54) is 6.08 Å². The number of hydrogen-bond donors (Lipinski definition) is 4. The standard InChI is InChI=1S/C22H34O6/c1-2-3-8-11-17(23)14-15-18(24)21-16-19(25)20(28-21)12-9-6-4-5-7-10-13-22(26)27/h3,5-9,14-15,17-21,23-25H,2,4,10-13,16H2,1H3,(H,26,27)/b7-5-,8-3-,9-6-,15-14+/t17-,18+,19-,20-,21-/m0/s1. The Labute approximate surface area is 167 Å². The van der Waals surface area contributed by atoms with Gasteiger partial charge in [-0.1, -0.05) is 55.5 Å². The van der Waals surface area contributed by atoms with Gasteiger partial charge in [0.25, 0.3) is 0 Å². The minimum absolute atomic E-state index is 0.132. The van der Waals surface area contributed by atoms with E-state index in [-0.39, 0.29) is 12.5 Å². The van der Waals surface area contributed by atoms with Crippen molar-refractivity contribution >= 4 is 5.97 Å². The molecule has 1 heterocycles. The van der Waals surface area contributed by atoms with E-state index in [1.54, 1.807) is 6.08 Å². The van der Waals surface area contributed by atoms with Gasteiger partial charge in [0.05, 0.1) is 30.5 Å². The number of rotatable bonds is 13. The first-order chi connectivity index (χ1) is 13.4. The fourth-order valence-electron chi connectivity index (χ4n) is 2.87. The third-order valence-electron chi connectivity index (χ3n) is 4.44. The molecule has 0 spiro atoms. The number of allylic oxidation sites excluding steroid dienone is 4. The second-order valence-corrected chi connectivity index (χ2v) is 6.92. The van der Waals surface area contributed by atoms with Crippen molar-refractivity contribution in [1.29, 1.82) is 0 Å². The van der Waals surface area contributed by atoms with Gasteiger partial charge in [0.15, 0.2) is 0 Å². The molecule has 6 nitrogen and oxygen atoms in total. The Morgan fingerprint density at radius 1 is 1.11 bits per heavy atom. The number of aliphatic hydroxyl groups excluding tert-OH is 3. The molecule has 0 saturated carbocycles. The van der Waals surface area contributed by atoms with E-state index in [4.69, 9.17) is 9.84 Å². The maximum absolute atomic E-state index is 10.4. The third kappa shape index (κ3) is 10.6. The predicted octanol–water partition coefficient (Wildman–Crippen LogP) is 2.90. The lowest BCUT2D eigenvalue weighted by Gasteiger charge is -2.16. The molecule has 0 unspecified atom stereocenters. The summed E-state index contributed by atoms with van der Waals surface area (Å²) < 4.78 is 5.76. The largest absolute Gasteiger partial charge is 0.481 e. The van der Waals surface area contributed by atoms with E-state index in [9.17, 15) is 20.1 Å². The molecule has 4 N–H and O–H groups in total. The molecule has 1 rings (SSSR count). The van der Waals surface area contributed by atoms with Crippen LogP contribution in [0.4, 0.5) is 0 Å². The minimum Gasteiger partial charge on any atom is -0.481 e. The molecule has 1 fully saturated rings. The van der Waals surface area contributed by atoms with Crippen LogP contribution < -0.4 is 0 Å². The second-order valence-electron chi connectivity index (χ2n) is 6.92.